The summed E-state index contributed by atoms with van der Waals surface area (Å²) in [5.41, 5.74) is 2.24. The van der Waals surface area contributed by atoms with Gasteiger partial charge in [-0.05, 0) is 54.8 Å². The van der Waals surface area contributed by atoms with E-state index in [-0.39, 0.29) is 11.7 Å². The zero-order valence-corrected chi connectivity index (χ0v) is 16.0. The topological polar surface area (TPSA) is 32.8 Å². The first-order valence-electron chi connectivity index (χ1n) is 9.65. The van der Waals surface area contributed by atoms with E-state index in [9.17, 15) is 9.18 Å². The highest BCUT2D eigenvalue weighted by atomic mass is 19.1. The fourth-order valence-corrected chi connectivity index (χ4v) is 3.32. The summed E-state index contributed by atoms with van der Waals surface area (Å²) >= 11 is 0. The quantitative estimate of drug-likeness (QED) is 0.773. The molecule has 1 aliphatic rings. The van der Waals surface area contributed by atoms with Crippen molar-refractivity contribution in [3.05, 3.63) is 59.9 Å². The first-order valence-corrected chi connectivity index (χ1v) is 9.65. The summed E-state index contributed by atoms with van der Waals surface area (Å²) in [6.07, 6.45) is 1.15. The second-order valence-corrected chi connectivity index (χ2v) is 6.80. The number of rotatable bonds is 6. The van der Waals surface area contributed by atoms with Crippen LogP contribution in [0.1, 0.15) is 25.8 Å². The van der Waals surface area contributed by atoms with E-state index in [1.54, 1.807) is 12.1 Å². The number of hydrogen-bond acceptors (Lipinski definition) is 3. The number of nitrogens with zero attached hydrogens (tertiary/aromatic N) is 2. The fraction of sp³-hybridized carbons (Fsp3) is 0.409. The molecule has 1 fully saturated rings. The van der Waals surface area contributed by atoms with Gasteiger partial charge in [-0.15, -0.1) is 0 Å². The smallest absolute Gasteiger partial charge is 0.263 e. The summed E-state index contributed by atoms with van der Waals surface area (Å²) in [5, 5.41) is 0. The second-order valence-electron chi connectivity index (χ2n) is 6.80. The van der Waals surface area contributed by atoms with Gasteiger partial charge in [0, 0.05) is 31.9 Å². The molecule has 144 valence electrons. The van der Waals surface area contributed by atoms with Crippen LogP contribution in [0.15, 0.2) is 48.5 Å². The Bertz CT molecular complexity index is 738. The molecule has 0 radical (unpaired) electrons. The molecule has 5 heteroatoms. The number of aryl methyl sites for hydroxylation is 1. The van der Waals surface area contributed by atoms with E-state index < -0.39 is 6.10 Å². The van der Waals surface area contributed by atoms with Gasteiger partial charge in [0.15, 0.2) is 6.10 Å². The largest absolute Gasteiger partial charge is 0.481 e. The second kappa shape index (κ2) is 8.89. The monoisotopic (exact) mass is 370 g/mol. The van der Waals surface area contributed by atoms with Crippen LogP contribution in [0.5, 0.6) is 5.75 Å². The van der Waals surface area contributed by atoms with Gasteiger partial charge in [0.2, 0.25) is 0 Å². The van der Waals surface area contributed by atoms with Crippen molar-refractivity contribution >= 4 is 11.6 Å². The average molecular weight is 370 g/mol. The Kier molecular flexibility index (Phi) is 6.32. The molecule has 1 atom stereocenters. The van der Waals surface area contributed by atoms with Crippen LogP contribution in [0.2, 0.25) is 0 Å². The maximum atomic E-state index is 13.1. The maximum Gasteiger partial charge on any atom is 0.263 e. The van der Waals surface area contributed by atoms with Crippen molar-refractivity contribution < 1.29 is 13.9 Å². The van der Waals surface area contributed by atoms with Gasteiger partial charge in [-0.3, -0.25) is 4.79 Å². The normalized spacial score (nSPS) is 15.5. The molecular weight excluding hydrogens is 343 g/mol. The number of carbonyl (C=O) groups is 1. The van der Waals surface area contributed by atoms with Gasteiger partial charge in [0.1, 0.15) is 11.6 Å². The van der Waals surface area contributed by atoms with E-state index in [0.29, 0.717) is 19.5 Å². The molecule has 3 rings (SSSR count). The molecule has 0 aliphatic carbocycles. The Morgan fingerprint density at radius 3 is 2.19 bits per heavy atom. The average Bonchev–Trinajstić information content (AvgIpc) is 2.72. The Labute approximate surface area is 160 Å². The van der Waals surface area contributed by atoms with Crippen molar-refractivity contribution in [3.63, 3.8) is 0 Å². The first-order chi connectivity index (χ1) is 13.1. The highest BCUT2D eigenvalue weighted by Gasteiger charge is 2.28. The van der Waals surface area contributed by atoms with Crippen LogP contribution >= 0.6 is 0 Å². The lowest BCUT2D eigenvalue weighted by atomic mass is 10.1. The molecule has 2 aromatic rings. The minimum absolute atomic E-state index is 0.0378. The molecule has 0 aromatic heterocycles. The van der Waals surface area contributed by atoms with E-state index in [1.165, 1.54) is 17.7 Å². The molecule has 0 bridgehead atoms. The summed E-state index contributed by atoms with van der Waals surface area (Å²) in [6, 6.07) is 14.4. The SMILES string of the molecule is CCc1ccc(O[C@H](CC)C(=O)N2CCN(c3ccc(F)cc3)CC2)cc1. The van der Waals surface area contributed by atoms with Gasteiger partial charge in [-0.1, -0.05) is 26.0 Å². The Morgan fingerprint density at radius 1 is 1.00 bits per heavy atom. The predicted octanol–water partition coefficient (Wildman–Crippen LogP) is 3.89. The van der Waals surface area contributed by atoms with E-state index in [0.717, 1.165) is 30.9 Å². The van der Waals surface area contributed by atoms with Gasteiger partial charge in [-0.25, -0.2) is 4.39 Å². The van der Waals surface area contributed by atoms with E-state index >= 15 is 0 Å². The number of ether oxygens (including phenoxy) is 1. The highest BCUT2D eigenvalue weighted by molar-refractivity contribution is 5.81. The van der Waals surface area contributed by atoms with E-state index in [1.807, 2.05) is 36.1 Å². The summed E-state index contributed by atoms with van der Waals surface area (Å²) in [7, 11) is 0. The molecule has 2 aromatic carbocycles. The molecule has 1 aliphatic heterocycles. The van der Waals surface area contributed by atoms with Crippen molar-refractivity contribution in [3.8, 4) is 5.75 Å². The minimum atomic E-state index is -0.463. The number of benzene rings is 2. The lowest BCUT2D eigenvalue weighted by Crippen LogP contribution is -2.52. The lowest BCUT2D eigenvalue weighted by molar-refractivity contribution is -0.139. The van der Waals surface area contributed by atoms with Crippen LogP contribution < -0.4 is 9.64 Å². The van der Waals surface area contributed by atoms with Crippen molar-refractivity contribution in [1.82, 2.24) is 4.90 Å². The molecule has 0 saturated carbocycles. The van der Waals surface area contributed by atoms with Gasteiger partial charge in [0.05, 0.1) is 0 Å². The summed E-state index contributed by atoms with van der Waals surface area (Å²) < 4.78 is 19.0. The number of piperazine rings is 1. The third-order valence-electron chi connectivity index (χ3n) is 5.04. The van der Waals surface area contributed by atoms with Crippen LogP contribution in [0, 0.1) is 5.82 Å². The van der Waals surface area contributed by atoms with Crippen LogP contribution in [-0.2, 0) is 11.2 Å². The van der Waals surface area contributed by atoms with E-state index in [2.05, 4.69) is 11.8 Å². The van der Waals surface area contributed by atoms with Crippen molar-refractivity contribution in [2.45, 2.75) is 32.8 Å². The van der Waals surface area contributed by atoms with Gasteiger partial charge >= 0.3 is 0 Å². The third kappa shape index (κ3) is 4.79. The van der Waals surface area contributed by atoms with Gasteiger partial charge in [0.25, 0.3) is 5.91 Å². The Hall–Kier alpha value is -2.56. The molecule has 27 heavy (non-hydrogen) atoms. The molecule has 0 N–H and O–H groups in total. The minimum Gasteiger partial charge on any atom is -0.481 e. The number of hydrogen-bond donors (Lipinski definition) is 0. The van der Waals surface area contributed by atoms with Gasteiger partial charge < -0.3 is 14.5 Å². The van der Waals surface area contributed by atoms with Crippen molar-refractivity contribution in [1.29, 1.82) is 0 Å². The molecule has 1 heterocycles. The molecule has 1 saturated heterocycles. The Balaban J connectivity index is 1.57. The van der Waals surface area contributed by atoms with Crippen LogP contribution in [0.3, 0.4) is 0 Å². The van der Waals surface area contributed by atoms with Crippen molar-refractivity contribution in [2.75, 3.05) is 31.1 Å². The summed E-state index contributed by atoms with van der Waals surface area (Å²) in [5.74, 6) is 0.538. The standard InChI is InChI=1S/C22H27FN2O2/c1-3-17-5-11-20(12-6-17)27-21(4-2)22(26)25-15-13-24(14-16-25)19-9-7-18(23)8-10-19/h5-12,21H,3-4,13-16H2,1-2H3/t21-/m1/s1. The molecule has 1 amide bonds. The van der Waals surface area contributed by atoms with Crippen LogP contribution in [0.25, 0.3) is 0 Å². The summed E-state index contributed by atoms with van der Waals surface area (Å²) in [6.45, 7) is 6.84. The van der Waals surface area contributed by atoms with Crippen LogP contribution in [-0.4, -0.2) is 43.1 Å². The predicted molar refractivity (Wildman–Crippen MR) is 106 cm³/mol. The summed E-state index contributed by atoms with van der Waals surface area (Å²) in [4.78, 5) is 16.9. The molecule has 0 unspecified atom stereocenters. The molecule has 0 spiro atoms. The maximum absolute atomic E-state index is 13.1. The van der Waals surface area contributed by atoms with Crippen molar-refractivity contribution in [2.24, 2.45) is 0 Å². The molecule has 4 nitrogen and oxygen atoms in total. The molecular formula is C22H27FN2O2. The number of halogens is 1. The zero-order chi connectivity index (χ0) is 19.2. The van der Waals surface area contributed by atoms with E-state index in [4.69, 9.17) is 4.74 Å². The fourth-order valence-electron chi connectivity index (χ4n) is 3.32. The third-order valence-corrected chi connectivity index (χ3v) is 5.04. The lowest BCUT2D eigenvalue weighted by Gasteiger charge is -2.37. The highest BCUT2D eigenvalue weighted by Crippen LogP contribution is 2.19. The zero-order valence-electron chi connectivity index (χ0n) is 16.0. The van der Waals surface area contributed by atoms with Crippen LogP contribution in [0.4, 0.5) is 10.1 Å². The Morgan fingerprint density at radius 2 is 1.63 bits per heavy atom. The number of amides is 1. The number of anilines is 1. The first kappa shape index (κ1) is 19.2. The van der Waals surface area contributed by atoms with Gasteiger partial charge in [-0.2, -0.15) is 0 Å². The number of carbonyl (C=O) groups excluding carboxylic acids is 1.